The molecule has 0 saturated carbocycles. The molecule has 1 unspecified atom stereocenters. The molecule has 0 bridgehead atoms. The van der Waals surface area contributed by atoms with Gasteiger partial charge in [0.05, 0.1) is 85.3 Å². The zero-order valence-electron chi connectivity index (χ0n) is 36.0. The van der Waals surface area contributed by atoms with Crippen molar-refractivity contribution in [3.05, 3.63) is 38.6 Å². The summed E-state index contributed by atoms with van der Waals surface area (Å²) in [6.07, 6.45) is 0. The first-order valence-electron chi connectivity index (χ1n) is 17.8. The van der Waals surface area contributed by atoms with Crippen molar-refractivity contribution in [1.82, 2.24) is 0 Å². The smallest absolute Gasteiger partial charge is 0.205 e. The Labute approximate surface area is 327 Å². The van der Waals surface area contributed by atoms with Gasteiger partial charge in [0.2, 0.25) is 8.07 Å². The first-order chi connectivity index (χ1) is 26.2. The van der Waals surface area contributed by atoms with Gasteiger partial charge in [-0.25, -0.2) is 0 Å². The molecule has 0 radical (unpaired) electrons. The lowest BCUT2D eigenvalue weighted by atomic mass is 10.1. The first kappa shape index (κ1) is 42.7. The molecule has 0 N–H and O–H groups in total. The minimum Gasteiger partial charge on any atom is -0.493 e. The van der Waals surface area contributed by atoms with Crippen molar-refractivity contribution in [3.63, 3.8) is 0 Å². The standard InChI is InChI=1S/C42H58O12Si/c1-20-21(2)23(4)39(22(20)3)55(40-33(49-14)27(43-8)24(5)28(44-9)34(40)50-15,41-35(51-16)29(45-10)25(6)30(46-11)36(41)52-17)42-37(53-18)31(47-12)26(7)32(48-13)38(42)54-19/h22H,1-19H3. The van der Waals surface area contributed by atoms with Gasteiger partial charge in [-0.15, -0.1) is 0 Å². The van der Waals surface area contributed by atoms with Gasteiger partial charge in [-0.2, -0.15) is 0 Å². The van der Waals surface area contributed by atoms with E-state index in [0.29, 0.717) is 101 Å². The second-order valence-electron chi connectivity index (χ2n) is 13.2. The fraction of sp³-hybridized carbons (Fsp3) is 0.476. The van der Waals surface area contributed by atoms with Crippen molar-refractivity contribution in [2.24, 2.45) is 5.92 Å². The van der Waals surface area contributed by atoms with Gasteiger partial charge in [0.15, 0.2) is 69.0 Å². The van der Waals surface area contributed by atoms with Gasteiger partial charge in [0, 0.05) is 32.3 Å². The largest absolute Gasteiger partial charge is 0.493 e. The van der Waals surface area contributed by atoms with Crippen LogP contribution in [0.5, 0.6) is 69.0 Å². The molecular weight excluding hydrogens is 725 g/mol. The number of allylic oxidation sites excluding steroid dienone is 4. The first-order valence-corrected chi connectivity index (χ1v) is 19.8. The van der Waals surface area contributed by atoms with Crippen LogP contribution in [0.25, 0.3) is 0 Å². The Balaban J connectivity index is 2.83. The molecule has 3 aromatic carbocycles. The third-order valence-electron chi connectivity index (χ3n) is 11.3. The van der Waals surface area contributed by atoms with Gasteiger partial charge in [-0.1, -0.05) is 23.3 Å². The highest BCUT2D eigenvalue weighted by Gasteiger charge is 2.60. The van der Waals surface area contributed by atoms with E-state index >= 15 is 0 Å². The summed E-state index contributed by atoms with van der Waals surface area (Å²) < 4.78 is 76.6. The van der Waals surface area contributed by atoms with Gasteiger partial charge >= 0.3 is 0 Å². The van der Waals surface area contributed by atoms with Crippen molar-refractivity contribution < 1.29 is 56.8 Å². The topological polar surface area (TPSA) is 111 Å². The van der Waals surface area contributed by atoms with Crippen LogP contribution in [0.3, 0.4) is 0 Å². The molecule has 0 fully saturated rings. The molecule has 1 aliphatic rings. The molecule has 1 atom stereocenters. The van der Waals surface area contributed by atoms with Crippen LogP contribution in [0, 0.1) is 26.7 Å². The third kappa shape index (κ3) is 5.93. The summed E-state index contributed by atoms with van der Waals surface area (Å²) in [6, 6.07) is 0. The highest BCUT2D eigenvalue weighted by Crippen LogP contribution is 2.55. The fourth-order valence-corrected chi connectivity index (χ4v) is 15.2. The van der Waals surface area contributed by atoms with Crippen molar-refractivity contribution in [2.75, 3.05) is 85.3 Å². The Bertz CT molecular complexity index is 1740. The molecule has 0 aliphatic heterocycles. The Kier molecular flexibility index (Phi) is 13.0. The number of benzene rings is 3. The summed E-state index contributed by atoms with van der Waals surface area (Å²) in [6.45, 7) is 14.3. The average Bonchev–Trinajstić information content (AvgIpc) is 3.38. The highest BCUT2D eigenvalue weighted by molar-refractivity contribution is 7.19. The van der Waals surface area contributed by atoms with Crippen LogP contribution < -0.4 is 72.4 Å². The van der Waals surface area contributed by atoms with Crippen LogP contribution in [-0.4, -0.2) is 93.4 Å². The molecule has 0 saturated heterocycles. The quantitative estimate of drug-likeness (QED) is 0.125. The lowest BCUT2D eigenvalue weighted by Crippen LogP contribution is -2.71. The maximum Gasteiger partial charge on any atom is 0.205 e. The van der Waals surface area contributed by atoms with Crippen LogP contribution in [0.2, 0.25) is 0 Å². The molecule has 3 aromatic rings. The molecule has 0 heterocycles. The molecule has 12 nitrogen and oxygen atoms in total. The summed E-state index contributed by atoms with van der Waals surface area (Å²) in [5.74, 6) is 4.79. The minimum absolute atomic E-state index is 0.181. The Morgan fingerprint density at radius 2 is 0.509 bits per heavy atom. The molecule has 1 aliphatic carbocycles. The highest BCUT2D eigenvalue weighted by atomic mass is 28.3. The zero-order valence-corrected chi connectivity index (χ0v) is 37.0. The second kappa shape index (κ2) is 16.8. The average molecular weight is 783 g/mol. The monoisotopic (exact) mass is 782 g/mol. The summed E-state index contributed by atoms with van der Waals surface area (Å²) >= 11 is 0. The lowest BCUT2D eigenvalue weighted by molar-refractivity contribution is 0.326. The SMILES string of the molecule is COc1c(C)c(OC)c(OC)c([Si](C2=C(C)C(C)=C(C)C2C)(c2c(OC)c(OC)c(C)c(OC)c2OC)c2c(OC)c(OC)c(C)c(OC)c2OC)c1OC. The number of hydrogen-bond donors (Lipinski definition) is 0. The molecule has 0 spiro atoms. The maximum atomic E-state index is 6.54. The van der Waals surface area contributed by atoms with Gasteiger partial charge < -0.3 is 56.8 Å². The van der Waals surface area contributed by atoms with E-state index in [-0.39, 0.29) is 5.92 Å². The fourth-order valence-electron chi connectivity index (χ4n) is 8.74. The van der Waals surface area contributed by atoms with E-state index in [0.717, 1.165) is 16.3 Å². The predicted molar refractivity (Wildman–Crippen MR) is 217 cm³/mol. The molecule has 0 aromatic heterocycles. The van der Waals surface area contributed by atoms with E-state index in [1.54, 1.807) is 85.3 Å². The van der Waals surface area contributed by atoms with Crippen molar-refractivity contribution in [3.8, 4) is 69.0 Å². The summed E-state index contributed by atoms with van der Waals surface area (Å²) in [5.41, 5.74) is 5.31. The number of ether oxygens (including phenoxy) is 12. The van der Waals surface area contributed by atoms with Crippen LogP contribution >= 0.6 is 0 Å². The van der Waals surface area contributed by atoms with E-state index in [1.165, 1.54) is 5.57 Å². The van der Waals surface area contributed by atoms with E-state index < -0.39 is 8.07 Å². The maximum absolute atomic E-state index is 6.54. The normalized spacial score (nSPS) is 14.1. The lowest BCUT2D eigenvalue weighted by Gasteiger charge is -2.43. The van der Waals surface area contributed by atoms with Crippen LogP contribution in [0.4, 0.5) is 0 Å². The molecule has 302 valence electrons. The summed E-state index contributed by atoms with van der Waals surface area (Å²) in [7, 11) is 14.9. The molecular formula is C42H58O12Si. The Morgan fingerprint density at radius 3 is 0.655 bits per heavy atom. The van der Waals surface area contributed by atoms with Crippen LogP contribution in [0.15, 0.2) is 21.9 Å². The Morgan fingerprint density at radius 1 is 0.309 bits per heavy atom. The van der Waals surface area contributed by atoms with E-state index in [4.69, 9.17) is 56.8 Å². The predicted octanol–water partition coefficient (Wildman–Crippen LogP) is 6.03. The third-order valence-corrected chi connectivity index (χ3v) is 16.5. The van der Waals surface area contributed by atoms with Gasteiger partial charge in [-0.3, -0.25) is 0 Å². The molecule has 55 heavy (non-hydrogen) atoms. The van der Waals surface area contributed by atoms with Gasteiger partial charge in [-0.05, 0) is 53.0 Å². The van der Waals surface area contributed by atoms with Crippen molar-refractivity contribution >= 4 is 23.6 Å². The van der Waals surface area contributed by atoms with Crippen LogP contribution in [0.1, 0.15) is 44.4 Å². The van der Waals surface area contributed by atoms with E-state index in [1.807, 2.05) is 20.8 Å². The van der Waals surface area contributed by atoms with Crippen molar-refractivity contribution in [2.45, 2.75) is 48.5 Å². The van der Waals surface area contributed by atoms with Gasteiger partial charge in [0.1, 0.15) is 0 Å². The minimum atomic E-state index is -4.34. The van der Waals surface area contributed by atoms with Crippen LogP contribution in [-0.2, 0) is 0 Å². The summed E-state index contributed by atoms with van der Waals surface area (Å²) in [4.78, 5) is 0. The van der Waals surface area contributed by atoms with Gasteiger partial charge in [0.25, 0.3) is 0 Å². The summed E-state index contributed by atoms with van der Waals surface area (Å²) in [5, 5.41) is 2.79. The number of hydrogen-bond acceptors (Lipinski definition) is 12. The van der Waals surface area contributed by atoms with E-state index in [2.05, 4.69) is 27.7 Å². The number of rotatable bonds is 16. The molecule has 4 rings (SSSR count). The van der Waals surface area contributed by atoms with E-state index in [9.17, 15) is 0 Å². The molecule has 0 amide bonds. The second-order valence-corrected chi connectivity index (χ2v) is 16.8. The van der Waals surface area contributed by atoms with Crippen molar-refractivity contribution in [1.29, 1.82) is 0 Å². The molecule has 13 heteroatoms. The zero-order chi connectivity index (χ0) is 41.3. The Hall–Kier alpha value is -5.04. The number of methoxy groups -OCH3 is 12.